The Morgan fingerprint density at radius 2 is 1.71 bits per heavy atom. The number of rotatable bonds is 9. The standard InChI is InChI=1S/C23H23FN2O2/c24-19-9-4-10-21(16-19)28-20-13-11-17(12-14-20)6-5-15-26-22(23(25)27)18-7-2-1-3-8-18/h1-4,7-14,16,22,26H,5-6,15H2,(H2,25,27)/t22-/m1/s1. The lowest BCUT2D eigenvalue weighted by Crippen LogP contribution is -2.34. The van der Waals surface area contributed by atoms with Crippen LogP contribution >= 0.6 is 0 Å². The average molecular weight is 378 g/mol. The molecule has 0 saturated heterocycles. The maximum atomic E-state index is 13.2. The zero-order chi connectivity index (χ0) is 19.8. The van der Waals surface area contributed by atoms with E-state index in [2.05, 4.69) is 5.32 Å². The van der Waals surface area contributed by atoms with Gasteiger partial charge in [0.25, 0.3) is 0 Å². The van der Waals surface area contributed by atoms with Crippen molar-refractivity contribution in [2.24, 2.45) is 5.73 Å². The predicted molar refractivity (Wildman–Crippen MR) is 108 cm³/mol. The van der Waals surface area contributed by atoms with Crippen LogP contribution in [0.4, 0.5) is 4.39 Å². The summed E-state index contributed by atoms with van der Waals surface area (Å²) in [7, 11) is 0. The van der Waals surface area contributed by atoms with Crippen LogP contribution in [0.1, 0.15) is 23.6 Å². The van der Waals surface area contributed by atoms with Crippen molar-refractivity contribution in [3.8, 4) is 11.5 Å². The van der Waals surface area contributed by atoms with Gasteiger partial charge in [0.2, 0.25) is 5.91 Å². The molecule has 0 heterocycles. The highest BCUT2D eigenvalue weighted by Gasteiger charge is 2.16. The molecule has 0 fully saturated rings. The Bertz CT molecular complexity index is 898. The van der Waals surface area contributed by atoms with E-state index in [0.29, 0.717) is 18.0 Å². The smallest absolute Gasteiger partial charge is 0.239 e. The first kappa shape index (κ1) is 19.6. The molecule has 1 atom stereocenters. The van der Waals surface area contributed by atoms with E-state index in [-0.39, 0.29) is 11.7 Å². The molecule has 0 aromatic heterocycles. The molecule has 144 valence electrons. The maximum absolute atomic E-state index is 13.2. The lowest BCUT2D eigenvalue weighted by molar-refractivity contribution is -0.120. The van der Waals surface area contributed by atoms with Gasteiger partial charge in [0.15, 0.2) is 0 Å². The lowest BCUT2D eigenvalue weighted by Gasteiger charge is -2.15. The van der Waals surface area contributed by atoms with Crippen molar-refractivity contribution in [2.45, 2.75) is 18.9 Å². The summed E-state index contributed by atoms with van der Waals surface area (Å²) in [5.41, 5.74) is 7.54. The molecule has 0 radical (unpaired) electrons. The molecule has 3 rings (SSSR count). The lowest BCUT2D eigenvalue weighted by atomic mass is 10.1. The number of hydrogen-bond donors (Lipinski definition) is 2. The van der Waals surface area contributed by atoms with E-state index in [1.165, 1.54) is 12.1 Å². The minimum atomic E-state index is -0.483. The number of nitrogens with two attached hydrogens (primary N) is 1. The highest BCUT2D eigenvalue weighted by atomic mass is 19.1. The minimum absolute atomic E-state index is 0.327. The summed E-state index contributed by atoms with van der Waals surface area (Å²) in [6.45, 7) is 0.671. The highest BCUT2D eigenvalue weighted by Crippen LogP contribution is 2.22. The third kappa shape index (κ3) is 5.66. The molecule has 0 aliphatic heterocycles. The van der Waals surface area contributed by atoms with E-state index in [0.717, 1.165) is 24.0 Å². The largest absolute Gasteiger partial charge is 0.457 e. The molecule has 0 aliphatic carbocycles. The van der Waals surface area contributed by atoms with Crippen LogP contribution in [-0.4, -0.2) is 12.5 Å². The van der Waals surface area contributed by atoms with Crippen molar-refractivity contribution in [3.05, 3.63) is 95.8 Å². The van der Waals surface area contributed by atoms with Crippen LogP contribution in [0.2, 0.25) is 0 Å². The molecular weight excluding hydrogens is 355 g/mol. The molecule has 3 N–H and O–H groups in total. The van der Waals surface area contributed by atoms with Gasteiger partial charge in [-0.1, -0.05) is 48.5 Å². The molecule has 5 heteroatoms. The second-order valence-corrected chi connectivity index (χ2v) is 6.51. The summed E-state index contributed by atoms with van der Waals surface area (Å²) >= 11 is 0. The molecule has 3 aromatic rings. The number of nitrogens with one attached hydrogen (secondary N) is 1. The van der Waals surface area contributed by atoms with Crippen molar-refractivity contribution in [1.82, 2.24) is 5.32 Å². The molecule has 3 aromatic carbocycles. The fraction of sp³-hybridized carbons (Fsp3) is 0.174. The Kier molecular flexibility index (Phi) is 6.76. The second kappa shape index (κ2) is 9.67. The first-order chi connectivity index (χ1) is 13.6. The van der Waals surface area contributed by atoms with Crippen molar-refractivity contribution < 1.29 is 13.9 Å². The molecule has 1 amide bonds. The number of carbonyl (C=O) groups is 1. The SMILES string of the molecule is NC(=O)[C@H](NCCCc1ccc(Oc2cccc(F)c2)cc1)c1ccccc1. The summed E-state index contributed by atoms with van der Waals surface area (Å²) < 4.78 is 18.9. The third-order valence-electron chi connectivity index (χ3n) is 4.36. The topological polar surface area (TPSA) is 64.4 Å². The molecule has 4 nitrogen and oxygen atoms in total. The fourth-order valence-electron chi connectivity index (χ4n) is 2.96. The Morgan fingerprint density at radius 3 is 2.39 bits per heavy atom. The van der Waals surface area contributed by atoms with Gasteiger partial charge in [-0.2, -0.15) is 0 Å². The Hall–Kier alpha value is -3.18. The number of ether oxygens (including phenoxy) is 1. The van der Waals surface area contributed by atoms with Gasteiger partial charge in [-0.15, -0.1) is 0 Å². The van der Waals surface area contributed by atoms with Crippen LogP contribution in [0.5, 0.6) is 11.5 Å². The van der Waals surface area contributed by atoms with Crippen LogP contribution < -0.4 is 15.8 Å². The van der Waals surface area contributed by atoms with Crippen molar-refractivity contribution in [1.29, 1.82) is 0 Å². The Balaban J connectivity index is 1.47. The first-order valence-electron chi connectivity index (χ1n) is 9.22. The summed E-state index contributed by atoms with van der Waals surface area (Å²) in [4.78, 5) is 11.7. The number of aryl methyl sites for hydroxylation is 1. The van der Waals surface area contributed by atoms with Crippen molar-refractivity contribution in [3.63, 3.8) is 0 Å². The summed E-state index contributed by atoms with van der Waals surface area (Å²) in [5.74, 6) is 0.414. The van der Waals surface area contributed by atoms with Crippen molar-refractivity contribution in [2.75, 3.05) is 6.54 Å². The molecule has 0 spiro atoms. The molecule has 0 aliphatic rings. The Morgan fingerprint density at radius 1 is 0.964 bits per heavy atom. The molecule has 0 unspecified atom stereocenters. The van der Waals surface area contributed by atoms with Crippen LogP contribution in [0.15, 0.2) is 78.9 Å². The monoisotopic (exact) mass is 378 g/mol. The van der Waals surface area contributed by atoms with E-state index in [1.807, 2.05) is 54.6 Å². The van der Waals surface area contributed by atoms with Gasteiger partial charge in [0.05, 0.1) is 0 Å². The van der Waals surface area contributed by atoms with Gasteiger partial charge < -0.3 is 15.8 Å². The second-order valence-electron chi connectivity index (χ2n) is 6.51. The van der Waals surface area contributed by atoms with E-state index in [1.54, 1.807) is 12.1 Å². The number of benzene rings is 3. The van der Waals surface area contributed by atoms with Crippen LogP contribution in [0, 0.1) is 5.82 Å². The van der Waals surface area contributed by atoms with Crippen LogP contribution in [0.25, 0.3) is 0 Å². The van der Waals surface area contributed by atoms with Gasteiger partial charge in [0.1, 0.15) is 23.4 Å². The van der Waals surface area contributed by atoms with E-state index in [4.69, 9.17) is 10.5 Å². The number of halogens is 1. The number of amides is 1. The number of primary amides is 1. The van der Waals surface area contributed by atoms with Gasteiger partial charge >= 0.3 is 0 Å². The number of carbonyl (C=O) groups excluding carboxylic acids is 1. The van der Waals surface area contributed by atoms with Crippen molar-refractivity contribution >= 4 is 5.91 Å². The maximum Gasteiger partial charge on any atom is 0.239 e. The van der Waals surface area contributed by atoms with E-state index in [9.17, 15) is 9.18 Å². The zero-order valence-corrected chi connectivity index (χ0v) is 15.5. The predicted octanol–water partition coefficient (Wildman–Crippen LogP) is 4.37. The zero-order valence-electron chi connectivity index (χ0n) is 15.5. The summed E-state index contributed by atoms with van der Waals surface area (Å²) in [6, 6.07) is 22.7. The fourth-order valence-corrected chi connectivity index (χ4v) is 2.96. The molecule has 0 saturated carbocycles. The van der Waals surface area contributed by atoms with Gasteiger partial charge in [-0.3, -0.25) is 4.79 Å². The quantitative estimate of drug-likeness (QED) is 0.544. The first-order valence-corrected chi connectivity index (χ1v) is 9.22. The highest BCUT2D eigenvalue weighted by molar-refractivity contribution is 5.81. The molecule has 28 heavy (non-hydrogen) atoms. The van der Waals surface area contributed by atoms with Crippen LogP contribution in [0.3, 0.4) is 0 Å². The minimum Gasteiger partial charge on any atom is -0.457 e. The van der Waals surface area contributed by atoms with E-state index < -0.39 is 6.04 Å². The van der Waals surface area contributed by atoms with Gasteiger partial charge in [-0.25, -0.2) is 4.39 Å². The molecule has 0 bridgehead atoms. The molecular formula is C23H23FN2O2. The van der Waals surface area contributed by atoms with E-state index >= 15 is 0 Å². The summed E-state index contributed by atoms with van der Waals surface area (Å²) in [5, 5.41) is 3.22. The average Bonchev–Trinajstić information content (AvgIpc) is 2.69. The Labute approximate surface area is 164 Å². The van der Waals surface area contributed by atoms with Gasteiger partial charge in [0, 0.05) is 6.07 Å². The number of hydrogen-bond acceptors (Lipinski definition) is 3. The normalized spacial score (nSPS) is 11.8. The van der Waals surface area contributed by atoms with Crippen LogP contribution in [-0.2, 0) is 11.2 Å². The third-order valence-corrected chi connectivity index (χ3v) is 4.36. The van der Waals surface area contributed by atoms with Gasteiger partial charge in [-0.05, 0) is 54.8 Å². The summed E-state index contributed by atoms with van der Waals surface area (Å²) in [6.07, 6.45) is 1.72.